The Bertz CT molecular complexity index is 1040. The van der Waals surface area contributed by atoms with E-state index in [2.05, 4.69) is 20.8 Å². The molecular weight excluding hydrogens is 427 g/mol. The van der Waals surface area contributed by atoms with E-state index in [9.17, 15) is 9.18 Å². The number of carbonyl (C=O) groups is 1. The van der Waals surface area contributed by atoms with Crippen LogP contribution in [0.2, 0.25) is 0 Å². The van der Waals surface area contributed by atoms with Gasteiger partial charge in [0.25, 0.3) is 5.91 Å². The standard InChI is InChI=1S/C13H17NO3.C11H10FN3O/c1-2-10(7-14-5-1)8-15-11-3-4-12-13(6-11)17-9-16-12;12-10-4-2-1-3-9(10)11(16)13-7-8-5-6-14-15-8/h3-4,6,10,14H,1-2,5,7-9H2;1-6H,7H2,(H,13,16)(H,14,15). The lowest BCUT2D eigenvalue weighted by Gasteiger charge is -2.22. The van der Waals surface area contributed by atoms with Crippen molar-refractivity contribution in [2.75, 3.05) is 26.5 Å². The number of aromatic nitrogens is 2. The van der Waals surface area contributed by atoms with E-state index in [1.165, 1.54) is 25.0 Å². The first-order valence-corrected chi connectivity index (χ1v) is 10.9. The normalized spacial score (nSPS) is 16.5. The fourth-order valence-corrected chi connectivity index (χ4v) is 3.55. The Morgan fingerprint density at radius 3 is 2.85 bits per heavy atom. The molecular formula is C24H27FN4O4. The lowest BCUT2D eigenvalue weighted by atomic mass is 10.0. The summed E-state index contributed by atoms with van der Waals surface area (Å²) in [6, 6.07) is 13.3. The molecule has 1 atom stereocenters. The number of ether oxygens (including phenoxy) is 3. The molecule has 2 aromatic carbocycles. The lowest BCUT2D eigenvalue weighted by molar-refractivity contribution is 0.0946. The lowest BCUT2D eigenvalue weighted by Crippen LogP contribution is -2.33. The first kappa shape index (κ1) is 22.6. The summed E-state index contributed by atoms with van der Waals surface area (Å²) in [5, 5.41) is 12.4. The second kappa shape index (κ2) is 11.3. The van der Waals surface area contributed by atoms with Crippen LogP contribution in [0.25, 0.3) is 0 Å². The number of hydrogen-bond donors (Lipinski definition) is 3. The van der Waals surface area contributed by atoms with Gasteiger partial charge in [-0.1, -0.05) is 12.1 Å². The molecule has 3 heterocycles. The van der Waals surface area contributed by atoms with Gasteiger partial charge in [0.2, 0.25) is 6.79 Å². The summed E-state index contributed by atoms with van der Waals surface area (Å²) < 4.78 is 29.6. The smallest absolute Gasteiger partial charge is 0.254 e. The predicted molar refractivity (Wildman–Crippen MR) is 120 cm³/mol. The van der Waals surface area contributed by atoms with Gasteiger partial charge in [0.05, 0.1) is 24.4 Å². The van der Waals surface area contributed by atoms with Gasteiger partial charge < -0.3 is 24.8 Å². The van der Waals surface area contributed by atoms with E-state index >= 15 is 0 Å². The summed E-state index contributed by atoms with van der Waals surface area (Å²) in [7, 11) is 0. The van der Waals surface area contributed by atoms with E-state index in [0.29, 0.717) is 19.3 Å². The Hall–Kier alpha value is -3.59. The van der Waals surface area contributed by atoms with Crippen LogP contribution in [-0.2, 0) is 6.54 Å². The maximum atomic E-state index is 13.2. The van der Waals surface area contributed by atoms with Crippen molar-refractivity contribution in [3.63, 3.8) is 0 Å². The molecule has 3 N–H and O–H groups in total. The largest absolute Gasteiger partial charge is 0.493 e. The highest BCUT2D eigenvalue weighted by molar-refractivity contribution is 5.94. The molecule has 2 aliphatic rings. The van der Waals surface area contributed by atoms with E-state index in [1.807, 2.05) is 18.2 Å². The summed E-state index contributed by atoms with van der Waals surface area (Å²) in [6.45, 7) is 3.58. The SMILES string of the molecule is O=C(NCc1ccn[nH]1)c1ccccc1F.c1cc2c(cc1OCC1CCCNC1)OCO2. The molecule has 0 spiro atoms. The van der Waals surface area contributed by atoms with Crippen molar-refractivity contribution in [1.82, 2.24) is 20.8 Å². The van der Waals surface area contributed by atoms with Gasteiger partial charge in [0.1, 0.15) is 11.6 Å². The number of fused-ring (bicyclic) bond motifs is 1. The number of nitrogens with zero attached hydrogens (tertiary/aromatic N) is 1. The topological polar surface area (TPSA) is 97.5 Å². The minimum absolute atomic E-state index is 0.0435. The van der Waals surface area contributed by atoms with Crippen molar-refractivity contribution in [3.8, 4) is 17.2 Å². The molecule has 33 heavy (non-hydrogen) atoms. The zero-order valence-corrected chi connectivity index (χ0v) is 18.2. The summed E-state index contributed by atoms with van der Waals surface area (Å²) in [5.74, 6) is 2.10. The average molecular weight is 455 g/mol. The number of H-pyrrole nitrogens is 1. The van der Waals surface area contributed by atoms with Crippen molar-refractivity contribution in [2.45, 2.75) is 19.4 Å². The monoisotopic (exact) mass is 454 g/mol. The highest BCUT2D eigenvalue weighted by Gasteiger charge is 2.16. The molecule has 1 aromatic heterocycles. The van der Waals surface area contributed by atoms with Crippen LogP contribution in [0, 0.1) is 11.7 Å². The minimum Gasteiger partial charge on any atom is -0.493 e. The molecule has 0 aliphatic carbocycles. The molecule has 9 heteroatoms. The molecule has 5 rings (SSSR count). The van der Waals surface area contributed by atoms with Gasteiger partial charge in [-0.05, 0) is 49.7 Å². The highest BCUT2D eigenvalue weighted by atomic mass is 19.1. The molecule has 0 radical (unpaired) electrons. The first-order valence-electron chi connectivity index (χ1n) is 10.9. The number of piperidine rings is 1. The van der Waals surface area contributed by atoms with Crippen molar-refractivity contribution in [1.29, 1.82) is 0 Å². The Morgan fingerprint density at radius 2 is 2.06 bits per heavy atom. The van der Waals surface area contributed by atoms with Gasteiger partial charge >= 0.3 is 0 Å². The van der Waals surface area contributed by atoms with Crippen LogP contribution in [0.1, 0.15) is 28.9 Å². The van der Waals surface area contributed by atoms with Crippen molar-refractivity contribution >= 4 is 5.91 Å². The molecule has 2 aliphatic heterocycles. The van der Waals surface area contributed by atoms with Crippen molar-refractivity contribution in [2.24, 2.45) is 5.92 Å². The van der Waals surface area contributed by atoms with E-state index in [1.54, 1.807) is 24.4 Å². The van der Waals surface area contributed by atoms with Gasteiger partial charge in [0.15, 0.2) is 11.5 Å². The Labute approximate surface area is 191 Å². The van der Waals surface area contributed by atoms with Gasteiger partial charge in [0, 0.05) is 24.7 Å². The van der Waals surface area contributed by atoms with E-state index in [-0.39, 0.29) is 5.56 Å². The predicted octanol–water partition coefficient (Wildman–Crippen LogP) is 3.27. The number of benzene rings is 2. The maximum absolute atomic E-state index is 13.2. The zero-order chi connectivity index (χ0) is 22.9. The molecule has 174 valence electrons. The van der Waals surface area contributed by atoms with Crippen molar-refractivity contribution < 1.29 is 23.4 Å². The van der Waals surface area contributed by atoms with E-state index in [4.69, 9.17) is 14.2 Å². The molecule has 1 unspecified atom stereocenters. The first-order chi connectivity index (χ1) is 16.2. The number of amides is 1. The van der Waals surface area contributed by atoms with Gasteiger partial charge in [-0.3, -0.25) is 9.89 Å². The van der Waals surface area contributed by atoms with Crippen LogP contribution in [0.4, 0.5) is 4.39 Å². The molecule has 1 fully saturated rings. The Morgan fingerprint density at radius 1 is 1.18 bits per heavy atom. The van der Waals surface area contributed by atoms with Crippen LogP contribution >= 0.6 is 0 Å². The quantitative estimate of drug-likeness (QED) is 0.529. The van der Waals surface area contributed by atoms with E-state index < -0.39 is 11.7 Å². The number of carbonyl (C=O) groups excluding carboxylic acids is 1. The van der Waals surface area contributed by atoms with Crippen LogP contribution in [0.3, 0.4) is 0 Å². The number of nitrogens with one attached hydrogen (secondary N) is 3. The molecule has 3 aromatic rings. The van der Waals surface area contributed by atoms with Crippen LogP contribution in [-0.4, -0.2) is 42.6 Å². The van der Waals surface area contributed by atoms with E-state index in [0.717, 1.165) is 42.6 Å². The van der Waals surface area contributed by atoms with Gasteiger partial charge in [-0.15, -0.1) is 0 Å². The minimum atomic E-state index is -0.524. The number of halogens is 1. The Balaban J connectivity index is 0.000000157. The average Bonchev–Trinajstić information content (AvgIpc) is 3.54. The van der Waals surface area contributed by atoms with Gasteiger partial charge in [-0.2, -0.15) is 5.10 Å². The highest BCUT2D eigenvalue weighted by Crippen LogP contribution is 2.35. The summed E-state index contributed by atoms with van der Waals surface area (Å²) >= 11 is 0. The summed E-state index contributed by atoms with van der Waals surface area (Å²) in [5.41, 5.74) is 0.812. The third kappa shape index (κ3) is 6.45. The summed E-state index contributed by atoms with van der Waals surface area (Å²) in [6.07, 6.45) is 4.08. The van der Waals surface area contributed by atoms with Crippen LogP contribution in [0.15, 0.2) is 54.7 Å². The molecule has 0 bridgehead atoms. The zero-order valence-electron chi connectivity index (χ0n) is 18.2. The number of hydrogen-bond acceptors (Lipinski definition) is 6. The second-order valence-corrected chi connectivity index (χ2v) is 7.78. The summed E-state index contributed by atoms with van der Waals surface area (Å²) in [4.78, 5) is 11.6. The maximum Gasteiger partial charge on any atom is 0.254 e. The number of rotatable bonds is 6. The molecule has 8 nitrogen and oxygen atoms in total. The van der Waals surface area contributed by atoms with Crippen LogP contribution < -0.4 is 24.8 Å². The second-order valence-electron chi connectivity index (χ2n) is 7.78. The third-order valence-corrected chi connectivity index (χ3v) is 5.34. The Kier molecular flexibility index (Phi) is 7.76. The third-order valence-electron chi connectivity index (χ3n) is 5.34. The van der Waals surface area contributed by atoms with Crippen LogP contribution in [0.5, 0.6) is 17.2 Å². The fraction of sp³-hybridized carbons (Fsp3) is 0.333. The molecule has 1 amide bonds. The molecule has 0 saturated carbocycles. The molecule has 1 saturated heterocycles. The number of aromatic amines is 1. The fourth-order valence-electron chi connectivity index (χ4n) is 3.55. The van der Waals surface area contributed by atoms with Crippen molar-refractivity contribution in [3.05, 3.63) is 71.8 Å². The van der Waals surface area contributed by atoms with Gasteiger partial charge in [-0.25, -0.2) is 4.39 Å².